The Morgan fingerprint density at radius 3 is 2.68 bits per heavy atom. The van der Waals surface area contributed by atoms with E-state index in [2.05, 4.69) is 9.97 Å². The van der Waals surface area contributed by atoms with E-state index in [9.17, 15) is 10.2 Å². The Morgan fingerprint density at radius 2 is 2.05 bits per heavy atom. The molecule has 19 heavy (non-hydrogen) atoms. The highest BCUT2D eigenvalue weighted by atomic mass is 35.5. The number of halogens is 1. The van der Waals surface area contributed by atoms with Crippen molar-refractivity contribution in [3.05, 3.63) is 23.2 Å². The van der Waals surface area contributed by atoms with Gasteiger partial charge in [0, 0.05) is 6.20 Å². The molecule has 0 amide bonds. The smallest absolute Gasteiger partial charge is 0.164 e. The maximum Gasteiger partial charge on any atom is 0.164 e. The highest BCUT2D eigenvalue weighted by Crippen LogP contribution is 2.34. The van der Waals surface area contributed by atoms with Crippen molar-refractivity contribution in [3.8, 4) is 0 Å². The zero-order valence-corrected chi connectivity index (χ0v) is 11.2. The normalized spacial score (nSPS) is 31.2. The van der Waals surface area contributed by atoms with E-state index in [4.69, 9.17) is 16.3 Å². The van der Waals surface area contributed by atoms with Crippen LogP contribution in [0.25, 0.3) is 11.0 Å². The first-order valence-electron chi connectivity index (χ1n) is 6.00. The zero-order chi connectivity index (χ0) is 13.7. The molecule has 1 saturated heterocycles. The van der Waals surface area contributed by atoms with Crippen molar-refractivity contribution in [2.24, 2.45) is 0 Å². The third-order valence-electron chi connectivity index (χ3n) is 3.50. The second-order valence-electron chi connectivity index (χ2n) is 4.80. The lowest BCUT2D eigenvalue weighted by Gasteiger charge is -2.17. The average Bonchev–Trinajstić information content (AvgIpc) is 2.83. The van der Waals surface area contributed by atoms with Crippen LogP contribution in [0.5, 0.6) is 0 Å². The second kappa shape index (κ2) is 4.42. The van der Waals surface area contributed by atoms with Crippen LogP contribution in [-0.2, 0) is 4.74 Å². The lowest BCUT2D eigenvalue weighted by molar-refractivity contribution is -0.0296. The van der Waals surface area contributed by atoms with E-state index < -0.39 is 24.5 Å². The number of hydrogen-bond donors (Lipinski definition) is 2. The molecule has 1 aliphatic rings. The van der Waals surface area contributed by atoms with Gasteiger partial charge in [-0.1, -0.05) is 11.6 Å². The highest BCUT2D eigenvalue weighted by molar-refractivity contribution is 6.34. The van der Waals surface area contributed by atoms with Crippen LogP contribution in [0.3, 0.4) is 0 Å². The Bertz CT molecular complexity index is 630. The predicted molar refractivity (Wildman–Crippen MR) is 68.9 cm³/mol. The van der Waals surface area contributed by atoms with Crippen molar-refractivity contribution in [1.82, 2.24) is 14.5 Å². The molecule has 1 fully saturated rings. The third kappa shape index (κ3) is 1.83. The number of aliphatic hydroxyl groups is 2. The minimum Gasteiger partial charge on any atom is -0.388 e. The van der Waals surface area contributed by atoms with E-state index in [0.717, 1.165) is 10.9 Å². The third-order valence-corrected chi connectivity index (χ3v) is 3.79. The molecule has 0 spiro atoms. The van der Waals surface area contributed by atoms with Gasteiger partial charge in [0.15, 0.2) is 6.23 Å². The number of aryl methyl sites for hydroxylation is 1. The number of aliphatic hydroxyl groups excluding tert-OH is 2. The number of ether oxygens (including phenoxy) is 1. The summed E-state index contributed by atoms with van der Waals surface area (Å²) in [4.78, 5) is 8.13. The molecule has 2 aromatic heterocycles. The van der Waals surface area contributed by atoms with Gasteiger partial charge in [-0.2, -0.15) is 0 Å². The maximum absolute atomic E-state index is 10.0. The Hall–Kier alpha value is -1.21. The molecule has 0 bridgehead atoms. The van der Waals surface area contributed by atoms with Crippen molar-refractivity contribution in [1.29, 1.82) is 0 Å². The van der Waals surface area contributed by atoms with Crippen LogP contribution in [0.15, 0.2) is 12.5 Å². The zero-order valence-electron chi connectivity index (χ0n) is 10.5. The van der Waals surface area contributed by atoms with Crippen LogP contribution in [-0.4, -0.2) is 43.1 Å². The molecule has 0 saturated carbocycles. The molecule has 2 N–H and O–H groups in total. The summed E-state index contributed by atoms with van der Waals surface area (Å²) in [5.74, 6) is 0. The molecule has 3 heterocycles. The van der Waals surface area contributed by atoms with Crippen LogP contribution < -0.4 is 0 Å². The monoisotopic (exact) mass is 283 g/mol. The Kier molecular flexibility index (Phi) is 2.98. The average molecular weight is 284 g/mol. The molecule has 7 heteroatoms. The van der Waals surface area contributed by atoms with E-state index in [1.165, 1.54) is 6.33 Å². The topological polar surface area (TPSA) is 80.4 Å². The van der Waals surface area contributed by atoms with Gasteiger partial charge in [0.2, 0.25) is 0 Å². The maximum atomic E-state index is 10.0. The molecule has 6 nitrogen and oxygen atoms in total. The van der Waals surface area contributed by atoms with Crippen LogP contribution in [0.4, 0.5) is 0 Å². The van der Waals surface area contributed by atoms with Gasteiger partial charge in [0.25, 0.3) is 0 Å². The number of hydrogen-bond acceptors (Lipinski definition) is 5. The fourth-order valence-corrected chi connectivity index (χ4v) is 2.75. The van der Waals surface area contributed by atoms with Crippen molar-refractivity contribution < 1.29 is 14.9 Å². The molecule has 1 aliphatic heterocycles. The van der Waals surface area contributed by atoms with Gasteiger partial charge in [-0.15, -0.1) is 0 Å². The van der Waals surface area contributed by atoms with Gasteiger partial charge in [0.1, 0.15) is 29.3 Å². The summed E-state index contributed by atoms with van der Waals surface area (Å²) in [5, 5.41) is 20.9. The molecule has 0 aliphatic carbocycles. The van der Waals surface area contributed by atoms with Gasteiger partial charge < -0.3 is 19.5 Å². The van der Waals surface area contributed by atoms with Crippen LogP contribution in [0.1, 0.15) is 18.7 Å². The van der Waals surface area contributed by atoms with Gasteiger partial charge in [-0.05, 0) is 19.4 Å². The summed E-state index contributed by atoms with van der Waals surface area (Å²) >= 11 is 6.06. The van der Waals surface area contributed by atoms with Crippen molar-refractivity contribution in [3.63, 3.8) is 0 Å². The second-order valence-corrected chi connectivity index (χ2v) is 5.15. The summed E-state index contributed by atoms with van der Waals surface area (Å²) in [6.45, 7) is 3.60. The van der Waals surface area contributed by atoms with E-state index in [-0.39, 0.29) is 0 Å². The van der Waals surface area contributed by atoms with Crippen LogP contribution in [0, 0.1) is 6.92 Å². The van der Waals surface area contributed by atoms with E-state index in [1.54, 1.807) is 17.7 Å². The molecule has 3 rings (SSSR count). The first-order valence-corrected chi connectivity index (χ1v) is 6.37. The molecule has 0 aromatic carbocycles. The molecular formula is C12H14ClN3O3. The summed E-state index contributed by atoms with van der Waals surface area (Å²) < 4.78 is 7.28. The molecule has 102 valence electrons. The number of rotatable bonds is 1. The van der Waals surface area contributed by atoms with E-state index in [1.807, 2.05) is 6.92 Å². The summed E-state index contributed by atoms with van der Waals surface area (Å²) in [6.07, 6.45) is 0.132. The predicted octanol–water partition coefficient (Wildman–Crippen LogP) is 1.03. The largest absolute Gasteiger partial charge is 0.388 e. The van der Waals surface area contributed by atoms with Crippen molar-refractivity contribution in [2.45, 2.75) is 38.4 Å². The van der Waals surface area contributed by atoms with Gasteiger partial charge in [-0.3, -0.25) is 0 Å². The first-order chi connectivity index (χ1) is 9.00. The first kappa shape index (κ1) is 12.8. The molecular weight excluding hydrogens is 270 g/mol. The lowest BCUT2D eigenvalue weighted by atomic mass is 10.1. The van der Waals surface area contributed by atoms with E-state index in [0.29, 0.717) is 10.8 Å². The van der Waals surface area contributed by atoms with Gasteiger partial charge in [-0.25, -0.2) is 9.97 Å². The Balaban J connectivity index is 2.14. The minimum atomic E-state index is -1.00. The fraction of sp³-hybridized carbons (Fsp3) is 0.500. The molecule has 1 unspecified atom stereocenters. The van der Waals surface area contributed by atoms with Crippen LogP contribution in [0.2, 0.25) is 5.15 Å². The molecule has 0 radical (unpaired) electrons. The minimum absolute atomic E-state index is 0.363. The summed E-state index contributed by atoms with van der Waals surface area (Å²) in [6, 6.07) is 0. The van der Waals surface area contributed by atoms with Gasteiger partial charge >= 0.3 is 0 Å². The van der Waals surface area contributed by atoms with E-state index >= 15 is 0 Å². The Morgan fingerprint density at radius 1 is 1.32 bits per heavy atom. The molecule has 2 aromatic rings. The fourth-order valence-electron chi connectivity index (χ4n) is 2.48. The summed E-state index contributed by atoms with van der Waals surface area (Å²) in [7, 11) is 0. The highest BCUT2D eigenvalue weighted by Gasteiger charge is 2.42. The SMILES string of the molecule is Cc1cn(C2O[C@H](C)[C@@H](O)[C@H]2O)c2ncnc(Cl)c12. The standard InChI is InChI=1S/C12H14ClN3O3/c1-5-3-16(11-7(5)10(13)14-4-15-11)12-9(18)8(17)6(2)19-12/h3-4,6,8-9,12,17-18H,1-2H3/t6-,8-,9-,12?/m1/s1. The van der Waals surface area contributed by atoms with Gasteiger partial charge in [0.05, 0.1) is 11.5 Å². The number of aromatic nitrogens is 3. The van der Waals surface area contributed by atoms with Crippen molar-refractivity contribution in [2.75, 3.05) is 0 Å². The van der Waals surface area contributed by atoms with Crippen molar-refractivity contribution >= 4 is 22.6 Å². The van der Waals surface area contributed by atoms with Crippen LogP contribution >= 0.6 is 11.6 Å². The molecule has 4 atom stereocenters. The lowest BCUT2D eigenvalue weighted by Crippen LogP contribution is -2.30. The summed E-state index contributed by atoms with van der Waals surface area (Å²) in [5.41, 5.74) is 1.48. The quantitative estimate of drug-likeness (QED) is 0.764. The number of fused-ring (bicyclic) bond motifs is 1. The Labute approximate surface area is 114 Å². The number of nitrogens with zero attached hydrogens (tertiary/aromatic N) is 3.